The number of hydrogen-bond acceptors (Lipinski definition) is 2. The standard InChI is InChI=1S/C13H20N2O2/c1-9-7-10(2)11(12(8-9)17-4)5-6-15(3)13(14)16/h7-8H,5-6H2,1-4H3,(H2,14,16). The van der Waals surface area contributed by atoms with Crippen molar-refractivity contribution in [1.82, 2.24) is 4.90 Å². The molecule has 0 fully saturated rings. The van der Waals surface area contributed by atoms with Gasteiger partial charge >= 0.3 is 6.03 Å². The van der Waals surface area contributed by atoms with Gasteiger partial charge < -0.3 is 15.4 Å². The summed E-state index contributed by atoms with van der Waals surface area (Å²) in [5, 5.41) is 0. The molecule has 0 aliphatic rings. The molecule has 0 aliphatic carbocycles. The number of amides is 2. The van der Waals surface area contributed by atoms with E-state index in [1.165, 1.54) is 16.0 Å². The van der Waals surface area contributed by atoms with Crippen molar-refractivity contribution in [1.29, 1.82) is 0 Å². The molecule has 0 unspecified atom stereocenters. The molecule has 1 aromatic rings. The lowest BCUT2D eigenvalue weighted by molar-refractivity contribution is 0.219. The summed E-state index contributed by atoms with van der Waals surface area (Å²) in [6, 6.07) is 3.71. The Balaban J connectivity index is 2.86. The Kier molecular flexibility index (Phi) is 4.37. The van der Waals surface area contributed by atoms with Gasteiger partial charge in [-0.3, -0.25) is 0 Å². The molecule has 1 rings (SSSR count). The maximum absolute atomic E-state index is 10.9. The third-order valence-corrected chi connectivity index (χ3v) is 2.87. The molecule has 94 valence electrons. The Bertz CT molecular complexity index is 416. The highest BCUT2D eigenvalue weighted by Crippen LogP contribution is 2.24. The van der Waals surface area contributed by atoms with Crippen molar-refractivity contribution in [3.05, 3.63) is 28.8 Å². The van der Waals surface area contributed by atoms with Crippen LogP contribution < -0.4 is 10.5 Å². The van der Waals surface area contributed by atoms with Crippen LogP contribution in [0.25, 0.3) is 0 Å². The Morgan fingerprint density at radius 1 is 1.41 bits per heavy atom. The molecular weight excluding hydrogens is 216 g/mol. The number of benzene rings is 1. The minimum atomic E-state index is -0.409. The third kappa shape index (κ3) is 3.37. The number of carbonyl (C=O) groups excluding carboxylic acids is 1. The number of nitrogens with zero attached hydrogens (tertiary/aromatic N) is 1. The first-order valence-electron chi connectivity index (χ1n) is 5.60. The first kappa shape index (κ1) is 13.4. The number of rotatable bonds is 4. The van der Waals surface area contributed by atoms with Crippen LogP contribution in [0.5, 0.6) is 5.75 Å². The van der Waals surface area contributed by atoms with Gasteiger partial charge in [-0.25, -0.2) is 4.79 Å². The smallest absolute Gasteiger partial charge is 0.314 e. The lowest BCUT2D eigenvalue weighted by Gasteiger charge is -2.17. The van der Waals surface area contributed by atoms with Crippen molar-refractivity contribution in [2.75, 3.05) is 20.7 Å². The van der Waals surface area contributed by atoms with Crippen LogP contribution in [0.3, 0.4) is 0 Å². The van der Waals surface area contributed by atoms with Crippen LogP contribution in [0.2, 0.25) is 0 Å². The molecule has 0 saturated heterocycles. The average Bonchev–Trinajstić information content (AvgIpc) is 2.26. The van der Waals surface area contributed by atoms with Gasteiger partial charge in [0.2, 0.25) is 0 Å². The number of methoxy groups -OCH3 is 1. The van der Waals surface area contributed by atoms with Gasteiger partial charge in [0.05, 0.1) is 7.11 Å². The van der Waals surface area contributed by atoms with Gasteiger partial charge in [-0.2, -0.15) is 0 Å². The fourth-order valence-corrected chi connectivity index (χ4v) is 1.85. The highest BCUT2D eigenvalue weighted by atomic mass is 16.5. The number of ether oxygens (including phenoxy) is 1. The van der Waals surface area contributed by atoms with E-state index in [4.69, 9.17) is 10.5 Å². The van der Waals surface area contributed by atoms with Gasteiger partial charge in [0.15, 0.2) is 0 Å². The molecule has 0 aromatic heterocycles. The molecule has 0 atom stereocenters. The Morgan fingerprint density at radius 3 is 2.59 bits per heavy atom. The van der Waals surface area contributed by atoms with E-state index in [0.717, 1.165) is 17.7 Å². The van der Waals surface area contributed by atoms with E-state index in [1.54, 1.807) is 14.2 Å². The van der Waals surface area contributed by atoms with Gasteiger partial charge in [-0.1, -0.05) is 6.07 Å². The molecule has 4 heteroatoms. The quantitative estimate of drug-likeness (QED) is 0.867. The summed E-state index contributed by atoms with van der Waals surface area (Å²) in [6.45, 7) is 4.68. The Hall–Kier alpha value is -1.71. The fourth-order valence-electron chi connectivity index (χ4n) is 1.85. The number of urea groups is 1. The molecule has 0 radical (unpaired) electrons. The van der Waals surface area contributed by atoms with Crippen LogP contribution in [-0.4, -0.2) is 31.6 Å². The number of primary amides is 1. The van der Waals surface area contributed by atoms with E-state index in [9.17, 15) is 4.79 Å². The molecule has 0 spiro atoms. The molecule has 4 nitrogen and oxygen atoms in total. The molecular formula is C13H20N2O2. The summed E-state index contributed by atoms with van der Waals surface area (Å²) >= 11 is 0. The molecule has 0 saturated carbocycles. The van der Waals surface area contributed by atoms with E-state index in [-0.39, 0.29) is 0 Å². The first-order chi connectivity index (χ1) is 7.95. The predicted molar refractivity (Wildman–Crippen MR) is 68.4 cm³/mol. The van der Waals surface area contributed by atoms with Crippen molar-refractivity contribution >= 4 is 6.03 Å². The van der Waals surface area contributed by atoms with E-state index in [1.807, 2.05) is 13.0 Å². The minimum Gasteiger partial charge on any atom is -0.496 e. The highest BCUT2D eigenvalue weighted by molar-refractivity contribution is 5.71. The summed E-state index contributed by atoms with van der Waals surface area (Å²) < 4.78 is 5.37. The van der Waals surface area contributed by atoms with Gasteiger partial charge in [-0.05, 0) is 43.0 Å². The second kappa shape index (κ2) is 5.57. The van der Waals surface area contributed by atoms with Crippen LogP contribution in [0.15, 0.2) is 12.1 Å². The number of aryl methyl sites for hydroxylation is 2. The predicted octanol–water partition coefficient (Wildman–Crippen LogP) is 1.87. The van der Waals surface area contributed by atoms with Crippen molar-refractivity contribution in [3.63, 3.8) is 0 Å². The van der Waals surface area contributed by atoms with Crippen LogP contribution in [-0.2, 0) is 6.42 Å². The van der Waals surface area contributed by atoms with Crippen molar-refractivity contribution in [2.24, 2.45) is 5.73 Å². The fraction of sp³-hybridized carbons (Fsp3) is 0.462. The summed E-state index contributed by atoms with van der Waals surface area (Å²) in [5.41, 5.74) is 8.67. The van der Waals surface area contributed by atoms with Gasteiger partial charge in [-0.15, -0.1) is 0 Å². The molecule has 1 aromatic carbocycles. The zero-order chi connectivity index (χ0) is 13.0. The zero-order valence-corrected chi connectivity index (χ0v) is 10.9. The Morgan fingerprint density at radius 2 is 2.06 bits per heavy atom. The lowest BCUT2D eigenvalue weighted by atomic mass is 10.0. The number of likely N-dealkylation sites (N-methyl/N-ethyl adjacent to an activating group) is 1. The van der Waals surface area contributed by atoms with Crippen LogP contribution >= 0.6 is 0 Å². The summed E-state index contributed by atoms with van der Waals surface area (Å²) in [4.78, 5) is 12.4. The van der Waals surface area contributed by atoms with Crippen LogP contribution in [0, 0.1) is 13.8 Å². The van der Waals surface area contributed by atoms with E-state index in [0.29, 0.717) is 6.54 Å². The van der Waals surface area contributed by atoms with Crippen molar-refractivity contribution < 1.29 is 9.53 Å². The molecule has 0 heterocycles. The largest absolute Gasteiger partial charge is 0.496 e. The molecule has 0 bridgehead atoms. The molecule has 17 heavy (non-hydrogen) atoms. The summed E-state index contributed by atoms with van der Waals surface area (Å²) in [7, 11) is 3.36. The SMILES string of the molecule is COc1cc(C)cc(C)c1CCN(C)C(N)=O. The second-order valence-electron chi connectivity index (χ2n) is 4.27. The summed E-state index contributed by atoms with van der Waals surface area (Å²) in [6.07, 6.45) is 0.745. The first-order valence-corrected chi connectivity index (χ1v) is 5.60. The van der Waals surface area contributed by atoms with Gasteiger partial charge in [0.1, 0.15) is 5.75 Å². The second-order valence-corrected chi connectivity index (χ2v) is 4.27. The lowest BCUT2D eigenvalue weighted by Crippen LogP contribution is -2.33. The highest BCUT2D eigenvalue weighted by Gasteiger charge is 2.10. The maximum atomic E-state index is 10.9. The van der Waals surface area contributed by atoms with E-state index >= 15 is 0 Å². The number of hydrogen-bond donors (Lipinski definition) is 1. The normalized spacial score (nSPS) is 10.1. The van der Waals surface area contributed by atoms with Crippen LogP contribution in [0.1, 0.15) is 16.7 Å². The van der Waals surface area contributed by atoms with E-state index in [2.05, 4.69) is 13.0 Å². The number of carbonyl (C=O) groups is 1. The van der Waals surface area contributed by atoms with Crippen LogP contribution in [0.4, 0.5) is 4.79 Å². The topological polar surface area (TPSA) is 55.6 Å². The number of nitrogens with two attached hydrogens (primary N) is 1. The molecule has 2 N–H and O–H groups in total. The van der Waals surface area contributed by atoms with Gasteiger partial charge in [0, 0.05) is 13.6 Å². The average molecular weight is 236 g/mol. The minimum absolute atomic E-state index is 0.409. The van der Waals surface area contributed by atoms with E-state index < -0.39 is 6.03 Å². The molecule has 0 aliphatic heterocycles. The maximum Gasteiger partial charge on any atom is 0.314 e. The van der Waals surface area contributed by atoms with Crippen molar-refractivity contribution in [3.8, 4) is 5.75 Å². The molecule has 2 amide bonds. The summed E-state index contributed by atoms with van der Waals surface area (Å²) in [5.74, 6) is 0.875. The van der Waals surface area contributed by atoms with Crippen molar-refractivity contribution in [2.45, 2.75) is 20.3 Å². The third-order valence-electron chi connectivity index (χ3n) is 2.87. The zero-order valence-electron chi connectivity index (χ0n) is 10.9. The van der Waals surface area contributed by atoms with Gasteiger partial charge in [0.25, 0.3) is 0 Å². The monoisotopic (exact) mass is 236 g/mol. The Labute approximate surface area is 102 Å².